The third-order valence-corrected chi connectivity index (χ3v) is 5.10. The van der Waals surface area contributed by atoms with Crippen molar-refractivity contribution in [2.75, 3.05) is 0 Å². The molecule has 0 heterocycles. The lowest BCUT2D eigenvalue weighted by Crippen LogP contribution is -2.32. The molecule has 15 heavy (non-hydrogen) atoms. The van der Waals surface area contributed by atoms with Gasteiger partial charge in [-0.25, -0.2) is 0 Å². The van der Waals surface area contributed by atoms with Crippen molar-refractivity contribution in [3.05, 3.63) is 12.2 Å². The lowest BCUT2D eigenvalue weighted by molar-refractivity contribution is -0.148. The number of rotatable bonds is 2. The summed E-state index contributed by atoms with van der Waals surface area (Å²) in [6, 6.07) is 0. The number of carboxylic acids is 1. The number of carbonyl (C=O) groups is 1. The van der Waals surface area contributed by atoms with Crippen LogP contribution in [0.15, 0.2) is 12.2 Å². The molecule has 0 aromatic heterocycles. The number of allylic oxidation sites excluding steroid dienone is 2. The van der Waals surface area contributed by atoms with Crippen molar-refractivity contribution in [3.63, 3.8) is 0 Å². The standard InChI is InChI=1S/C13H18O2/c1-12(2)7-13(12,11(14)15)10-6-8-3-4-9(10)5-8/h3-4,8-10H,5-7H2,1-2H3,(H,14,15). The molecule has 2 bridgehead atoms. The van der Waals surface area contributed by atoms with Gasteiger partial charge in [0.1, 0.15) is 0 Å². The fourth-order valence-electron chi connectivity index (χ4n) is 4.16. The van der Waals surface area contributed by atoms with Crippen molar-refractivity contribution in [1.82, 2.24) is 0 Å². The minimum absolute atomic E-state index is 0.0157. The van der Waals surface area contributed by atoms with E-state index >= 15 is 0 Å². The van der Waals surface area contributed by atoms with Gasteiger partial charge in [0, 0.05) is 0 Å². The second kappa shape index (κ2) is 2.47. The predicted molar refractivity (Wildman–Crippen MR) is 57.3 cm³/mol. The molecule has 3 rings (SSSR count). The predicted octanol–water partition coefficient (Wildman–Crippen LogP) is 2.70. The molecule has 0 radical (unpaired) electrons. The maximum atomic E-state index is 11.5. The molecule has 0 aromatic carbocycles. The topological polar surface area (TPSA) is 37.3 Å². The summed E-state index contributed by atoms with van der Waals surface area (Å²) in [6.45, 7) is 4.22. The highest BCUT2D eigenvalue weighted by Crippen LogP contribution is 2.72. The van der Waals surface area contributed by atoms with E-state index in [-0.39, 0.29) is 5.41 Å². The van der Waals surface area contributed by atoms with Crippen LogP contribution >= 0.6 is 0 Å². The zero-order chi connectivity index (χ0) is 10.8. The lowest BCUT2D eigenvalue weighted by atomic mass is 9.75. The van der Waals surface area contributed by atoms with Crippen LogP contribution in [0, 0.1) is 28.6 Å². The molecule has 4 unspecified atom stereocenters. The molecule has 2 fully saturated rings. The molecule has 0 saturated heterocycles. The Bertz CT molecular complexity index is 356. The fraction of sp³-hybridized carbons (Fsp3) is 0.769. The molecule has 2 nitrogen and oxygen atoms in total. The summed E-state index contributed by atoms with van der Waals surface area (Å²) < 4.78 is 0. The van der Waals surface area contributed by atoms with Gasteiger partial charge < -0.3 is 5.11 Å². The Balaban J connectivity index is 1.94. The summed E-state index contributed by atoms with van der Waals surface area (Å²) in [5.41, 5.74) is -0.390. The van der Waals surface area contributed by atoms with Crippen LogP contribution in [0.25, 0.3) is 0 Å². The van der Waals surface area contributed by atoms with E-state index in [4.69, 9.17) is 0 Å². The van der Waals surface area contributed by atoms with E-state index in [0.717, 1.165) is 12.8 Å². The Kier molecular flexibility index (Phi) is 1.56. The lowest BCUT2D eigenvalue weighted by Gasteiger charge is -2.28. The Labute approximate surface area is 90.4 Å². The van der Waals surface area contributed by atoms with Crippen LogP contribution in [0.1, 0.15) is 33.1 Å². The van der Waals surface area contributed by atoms with Gasteiger partial charge in [0.25, 0.3) is 0 Å². The zero-order valence-corrected chi connectivity index (χ0v) is 9.36. The Morgan fingerprint density at radius 1 is 1.33 bits per heavy atom. The third-order valence-electron chi connectivity index (χ3n) is 5.10. The highest BCUT2D eigenvalue weighted by atomic mass is 16.4. The molecule has 0 amide bonds. The minimum Gasteiger partial charge on any atom is -0.481 e. The van der Waals surface area contributed by atoms with E-state index in [1.807, 2.05) is 0 Å². The van der Waals surface area contributed by atoms with Crippen LogP contribution in [0.2, 0.25) is 0 Å². The molecule has 3 aliphatic rings. The van der Waals surface area contributed by atoms with Crippen LogP contribution in [0.4, 0.5) is 0 Å². The molecule has 0 aromatic rings. The van der Waals surface area contributed by atoms with Gasteiger partial charge in [0.15, 0.2) is 0 Å². The van der Waals surface area contributed by atoms with Crippen molar-refractivity contribution in [3.8, 4) is 0 Å². The van der Waals surface area contributed by atoms with Gasteiger partial charge >= 0.3 is 5.97 Å². The average molecular weight is 206 g/mol. The van der Waals surface area contributed by atoms with Crippen LogP contribution in [-0.4, -0.2) is 11.1 Å². The van der Waals surface area contributed by atoms with E-state index in [1.165, 1.54) is 6.42 Å². The molecule has 0 aliphatic heterocycles. The second-order valence-corrected chi connectivity index (χ2v) is 6.22. The van der Waals surface area contributed by atoms with E-state index in [0.29, 0.717) is 17.8 Å². The molecule has 82 valence electrons. The minimum atomic E-state index is -0.557. The quantitative estimate of drug-likeness (QED) is 0.705. The van der Waals surface area contributed by atoms with E-state index < -0.39 is 11.4 Å². The third kappa shape index (κ3) is 0.977. The first-order valence-electron chi connectivity index (χ1n) is 5.89. The van der Waals surface area contributed by atoms with E-state index in [1.54, 1.807) is 0 Å². The van der Waals surface area contributed by atoms with E-state index in [2.05, 4.69) is 26.0 Å². The molecule has 1 N–H and O–H groups in total. The van der Waals surface area contributed by atoms with Gasteiger partial charge in [-0.1, -0.05) is 26.0 Å². The maximum absolute atomic E-state index is 11.5. The van der Waals surface area contributed by atoms with Crippen LogP contribution < -0.4 is 0 Å². The largest absolute Gasteiger partial charge is 0.481 e. The normalized spacial score (nSPS) is 49.6. The Hall–Kier alpha value is -0.790. The van der Waals surface area contributed by atoms with Gasteiger partial charge in [-0.3, -0.25) is 4.79 Å². The second-order valence-electron chi connectivity index (χ2n) is 6.22. The van der Waals surface area contributed by atoms with Crippen molar-refractivity contribution < 1.29 is 9.90 Å². The molecular weight excluding hydrogens is 188 g/mol. The van der Waals surface area contributed by atoms with Crippen LogP contribution in [0.3, 0.4) is 0 Å². The molecule has 2 heteroatoms. The first kappa shape index (κ1) is 9.44. The zero-order valence-electron chi connectivity index (χ0n) is 9.36. The first-order chi connectivity index (χ1) is 6.97. The van der Waals surface area contributed by atoms with Gasteiger partial charge in [-0.15, -0.1) is 0 Å². The first-order valence-corrected chi connectivity index (χ1v) is 5.89. The highest BCUT2D eigenvalue weighted by molar-refractivity contribution is 5.80. The average Bonchev–Trinajstić information content (AvgIpc) is 2.58. The number of carboxylic acid groups (broad SMARTS) is 1. The number of hydrogen-bond acceptors (Lipinski definition) is 1. The Morgan fingerprint density at radius 3 is 2.33 bits per heavy atom. The SMILES string of the molecule is CC1(C)CC1(C(=O)O)C1CC2C=CC1C2. The summed E-state index contributed by atoms with van der Waals surface area (Å²) in [5, 5.41) is 9.50. The monoisotopic (exact) mass is 206 g/mol. The molecule has 0 spiro atoms. The summed E-state index contributed by atoms with van der Waals surface area (Å²) >= 11 is 0. The molecule has 4 atom stereocenters. The summed E-state index contributed by atoms with van der Waals surface area (Å²) in [5.74, 6) is 1.07. The summed E-state index contributed by atoms with van der Waals surface area (Å²) in [4.78, 5) is 11.5. The fourth-order valence-corrected chi connectivity index (χ4v) is 4.16. The van der Waals surface area contributed by atoms with Gasteiger partial charge in [0.05, 0.1) is 5.41 Å². The van der Waals surface area contributed by atoms with Crippen LogP contribution in [0.5, 0.6) is 0 Å². The molecular formula is C13H18O2. The summed E-state index contributed by atoms with van der Waals surface area (Å²) in [6.07, 6.45) is 7.73. The molecule has 3 aliphatic carbocycles. The maximum Gasteiger partial charge on any atom is 0.310 e. The van der Waals surface area contributed by atoms with Gasteiger partial charge in [-0.05, 0) is 42.4 Å². The van der Waals surface area contributed by atoms with Crippen molar-refractivity contribution in [1.29, 1.82) is 0 Å². The van der Waals surface area contributed by atoms with Crippen molar-refractivity contribution >= 4 is 5.97 Å². The van der Waals surface area contributed by atoms with Crippen molar-refractivity contribution in [2.24, 2.45) is 28.6 Å². The molecule has 2 saturated carbocycles. The van der Waals surface area contributed by atoms with Gasteiger partial charge in [0.2, 0.25) is 0 Å². The highest BCUT2D eigenvalue weighted by Gasteiger charge is 2.72. The van der Waals surface area contributed by atoms with E-state index in [9.17, 15) is 9.90 Å². The summed E-state index contributed by atoms with van der Waals surface area (Å²) in [7, 11) is 0. The van der Waals surface area contributed by atoms with Crippen molar-refractivity contribution in [2.45, 2.75) is 33.1 Å². The smallest absolute Gasteiger partial charge is 0.310 e. The van der Waals surface area contributed by atoms with Crippen LogP contribution in [-0.2, 0) is 4.79 Å². The van der Waals surface area contributed by atoms with Gasteiger partial charge in [-0.2, -0.15) is 0 Å². The Morgan fingerprint density at radius 2 is 2.00 bits per heavy atom. The number of aliphatic carboxylic acids is 1. The number of hydrogen-bond donors (Lipinski definition) is 1. The number of fused-ring (bicyclic) bond motifs is 2.